The van der Waals surface area contributed by atoms with Crippen molar-refractivity contribution >= 4 is 11.4 Å². The lowest BCUT2D eigenvalue weighted by atomic mass is 10.1. The van der Waals surface area contributed by atoms with Crippen molar-refractivity contribution in [1.82, 2.24) is 20.0 Å². The second-order valence-corrected chi connectivity index (χ2v) is 8.91. The second-order valence-electron chi connectivity index (χ2n) is 8.91. The zero-order chi connectivity index (χ0) is 24.7. The number of anilines is 1. The minimum atomic E-state index is -0.358. The zero-order valence-corrected chi connectivity index (χ0v) is 20.2. The first kappa shape index (κ1) is 23.7. The summed E-state index contributed by atoms with van der Waals surface area (Å²) in [5.74, 6) is 0. The van der Waals surface area contributed by atoms with E-state index in [9.17, 15) is 10.1 Å². The quantitative estimate of drug-likeness (QED) is 0.217. The highest BCUT2D eigenvalue weighted by molar-refractivity contribution is 5.62. The number of nitro groups is 1. The smallest absolute Gasteiger partial charge is 0.269 e. The Morgan fingerprint density at radius 1 is 0.833 bits per heavy atom. The summed E-state index contributed by atoms with van der Waals surface area (Å²) in [7, 11) is 0. The van der Waals surface area contributed by atoms with Crippen LogP contribution in [0.1, 0.15) is 5.69 Å². The maximum atomic E-state index is 10.9. The topological polar surface area (TPSA) is 79.5 Å². The summed E-state index contributed by atoms with van der Waals surface area (Å²) in [4.78, 5) is 15.2. The molecule has 0 unspecified atom stereocenters. The molecule has 4 aromatic rings. The van der Waals surface area contributed by atoms with Gasteiger partial charge in [0.1, 0.15) is 0 Å². The van der Waals surface area contributed by atoms with Crippen LogP contribution >= 0.6 is 0 Å². The Morgan fingerprint density at radius 2 is 1.50 bits per heavy atom. The van der Waals surface area contributed by atoms with Gasteiger partial charge in [0, 0.05) is 69.2 Å². The van der Waals surface area contributed by atoms with Gasteiger partial charge in [0.15, 0.2) is 0 Å². The average molecular weight is 483 g/mol. The van der Waals surface area contributed by atoms with E-state index < -0.39 is 0 Å². The van der Waals surface area contributed by atoms with Crippen LogP contribution in [0.5, 0.6) is 0 Å². The minimum absolute atomic E-state index is 0.132. The molecule has 1 saturated heterocycles. The SMILES string of the molecule is O=[N+]([O-])c1ccc(N2CCN(CCNCc3cc(-c4ccccc4)n(-c4ccccc4)n3)CC2)cc1. The predicted molar refractivity (Wildman–Crippen MR) is 142 cm³/mol. The fraction of sp³-hybridized carbons (Fsp3) is 0.250. The van der Waals surface area contributed by atoms with Crippen molar-refractivity contribution < 1.29 is 4.92 Å². The number of para-hydroxylation sites is 1. The van der Waals surface area contributed by atoms with Crippen LogP contribution in [0.3, 0.4) is 0 Å². The monoisotopic (exact) mass is 482 g/mol. The molecule has 0 amide bonds. The summed E-state index contributed by atoms with van der Waals surface area (Å²) >= 11 is 0. The summed E-state index contributed by atoms with van der Waals surface area (Å²) < 4.78 is 2.02. The summed E-state index contributed by atoms with van der Waals surface area (Å²) in [6, 6.07) is 29.6. The number of hydrogen-bond acceptors (Lipinski definition) is 6. The van der Waals surface area contributed by atoms with Gasteiger partial charge < -0.3 is 10.2 Å². The normalized spacial score (nSPS) is 14.2. The molecule has 0 atom stereocenters. The first-order valence-corrected chi connectivity index (χ1v) is 12.3. The number of non-ortho nitro benzene ring substituents is 1. The number of nitrogens with zero attached hydrogens (tertiary/aromatic N) is 5. The highest BCUT2D eigenvalue weighted by atomic mass is 16.6. The van der Waals surface area contributed by atoms with Crippen molar-refractivity contribution in [1.29, 1.82) is 0 Å². The van der Waals surface area contributed by atoms with Gasteiger partial charge in [-0.2, -0.15) is 5.10 Å². The van der Waals surface area contributed by atoms with Gasteiger partial charge in [0.2, 0.25) is 0 Å². The van der Waals surface area contributed by atoms with Crippen LogP contribution in [-0.2, 0) is 6.54 Å². The van der Waals surface area contributed by atoms with Crippen LogP contribution < -0.4 is 10.2 Å². The van der Waals surface area contributed by atoms with Gasteiger partial charge in [0.05, 0.1) is 22.0 Å². The summed E-state index contributed by atoms with van der Waals surface area (Å²) in [5, 5.41) is 19.3. The van der Waals surface area contributed by atoms with E-state index in [-0.39, 0.29) is 10.6 Å². The van der Waals surface area contributed by atoms with Crippen LogP contribution in [0.4, 0.5) is 11.4 Å². The van der Waals surface area contributed by atoms with E-state index in [1.807, 2.05) is 41.1 Å². The zero-order valence-electron chi connectivity index (χ0n) is 20.2. The number of aromatic nitrogens is 2. The molecule has 1 aliphatic heterocycles. The molecule has 5 rings (SSSR count). The maximum Gasteiger partial charge on any atom is 0.269 e. The molecule has 1 N–H and O–H groups in total. The Morgan fingerprint density at radius 3 is 2.17 bits per heavy atom. The Bertz CT molecular complexity index is 1210. The molecule has 36 heavy (non-hydrogen) atoms. The van der Waals surface area contributed by atoms with Crippen LogP contribution in [0.15, 0.2) is 91.0 Å². The van der Waals surface area contributed by atoms with E-state index in [0.717, 1.165) is 67.6 Å². The number of nitro benzene ring substituents is 1. The van der Waals surface area contributed by atoms with E-state index in [0.29, 0.717) is 6.54 Å². The van der Waals surface area contributed by atoms with Gasteiger partial charge in [-0.1, -0.05) is 48.5 Å². The number of nitrogens with one attached hydrogen (secondary N) is 1. The standard InChI is InChI=1S/C28H30N6O2/c35-34(36)27-13-11-25(12-14-27)32-19-17-31(18-20-32)16-15-29-22-24-21-28(23-7-3-1-4-8-23)33(30-24)26-9-5-2-6-10-26/h1-14,21,29H,15-20,22H2. The van der Waals surface area contributed by atoms with Crippen molar-refractivity contribution in [3.8, 4) is 16.9 Å². The van der Waals surface area contributed by atoms with Gasteiger partial charge in [-0.25, -0.2) is 4.68 Å². The molecular weight excluding hydrogens is 452 g/mol. The Kier molecular flexibility index (Phi) is 7.35. The number of piperazine rings is 1. The number of hydrogen-bond donors (Lipinski definition) is 1. The lowest BCUT2D eigenvalue weighted by molar-refractivity contribution is -0.384. The maximum absolute atomic E-state index is 10.9. The molecule has 0 aliphatic carbocycles. The third-order valence-corrected chi connectivity index (χ3v) is 6.54. The highest BCUT2D eigenvalue weighted by Gasteiger charge is 2.18. The number of benzene rings is 3. The fourth-order valence-corrected chi connectivity index (χ4v) is 4.57. The van der Waals surface area contributed by atoms with Gasteiger partial charge in [0.25, 0.3) is 5.69 Å². The van der Waals surface area contributed by atoms with Gasteiger partial charge in [-0.3, -0.25) is 15.0 Å². The molecule has 1 fully saturated rings. The van der Waals surface area contributed by atoms with Crippen LogP contribution in [0, 0.1) is 10.1 Å². The fourth-order valence-electron chi connectivity index (χ4n) is 4.57. The summed E-state index contributed by atoms with van der Waals surface area (Å²) in [5.41, 5.74) is 5.47. The molecule has 0 saturated carbocycles. The Labute approximate surface area is 210 Å². The third-order valence-electron chi connectivity index (χ3n) is 6.54. The van der Waals surface area contributed by atoms with Gasteiger partial charge in [-0.05, 0) is 30.3 Å². The summed E-state index contributed by atoms with van der Waals surface area (Å²) in [6.07, 6.45) is 0. The molecule has 1 aromatic heterocycles. The van der Waals surface area contributed by atoms with E-state index >= 15 is 0 Å². The number of rotatable bonds is 9. The Balaban J connectivity index is 1.13. The molecule has 0 spiro atoms. The molecular formula is C28H30N6O2. The van der Waals surface area contributed by atoms with Crippen molar-refractivity contribution in [2.45, 2.75) is 6.54 Å². The lowest BCUT2D eigenvalue weighted by Gasteiger charge is -2.36. The van der Waals surface area contributed by atoms with Gasteiger partial charge in [-0.15, -0.1) is 0 Å². The summed E-state index contributed by atoms with van der Waals surface area (Å²) in [6.45, 7) is 6.34. The Hall–Kier alpha value is -4.01. The third kappa shape index (κ3) is 5.62. The first-order chi connectivity index (χ1) is 17.7. The minimum Gasteiger partial charge on any atom is -0.369 e. The van der Waals surface area contributed by atoms with Crippen LogP contribution in [-0.4, -0.2) is 58.9 Å². The van der Waals surface area contributed by atoms with Crippen molar-refractivity contribution in [3.05, 3.63) is 107 Å². The van der Waals surface area contributed by atoms with Gasteiger partial charge >= 0.3 is 0 Å². The van der Waals surface area contributed by atoms with Crippen LogP contribution in [0.25, 0.3) is 16.9 Å². The average Bonchev–Trinajstić information content (AvgIpc) is 3.37. The molecule has 0 radical (unpaired) electrons. The predicted octanol–water partition coefficient (Wildman–Crippen LogP) is 4.36. The van der Waals surface area contributed by atoms with Crippen molar-refractivity contribution in [2.75, 3.05) is 44.2 Å². The highest BCUT2D eigenvalue weighted by Crippen LogP contribution is 2.24. The molecule has 2 heterocycles. The van der Waals surface area contributed by atoms with E-state index in [1.165, 1.54) is 0 Å². The van der Waals surface area contributed by atoms with Crippen LogP contribution in [0.2, 0.25) is 0 Å². The molecule has 8 nitrogen and oxygen atoms in total. The van der Waals surface area contributed by atoms with E-state index in [1.54, 1.807) is 12.1 Å². The molecule has 0 bridgehead atoms. The molecule has 3 aromatic carbocycles. The second kappa shape index (κ2) is 11.2. The molecule has 8 heteroatoms. The van der Waals surface area contributed by atoms with E-state index in [4.69, 9.17) is 5.10 Å². The lowest BCUT2D eigenvalue weighted by Crippen LogP contribution is -2.48. The van der Waals surface area contributed by atoms with E-state index in [2.05, 4.69) is 57.6 Å². The first-order valence-electron chi connectivity index (χ1n) is 12.3. The van der Waals surface area contributed by atoms with Crippen molar-refractivity contribution in [3.63, 3.8) is 0 Å². The molecule has 184 valence electrons. The van der Waals surface area contributed by atoms with Crippen molar-refractivity contribution in [2.24, 2.45) is 0 Å². The molecule has 1 aliphatic rings. The largest absolute Gasteiger partial charge is 0.369 e.